The lowest BCUT2D eigenvalue weighted by molar-refractivity contribution is -0.123. The van der Waals surface area contributed by atoms with E-state index in [1.165, 1.54) is 11.6 Å². The number of halogens is 1. The Bertz CT molecular complexity index is 937. The summed E-state index contributed by atoms with van der Waals surface area (Å²) in [6.45, 7) is 6.66. The van der Waals surface area contributed by atoms with E-state index in [0.717, 1.165) is 18.7 Å². The van der Waals surface area contributed by atoms with E-state index in [-0.39, 0.29) is 23.7 Å². The van der Waals surface area contributed by atoms with Gasteiger partial charge in [0.25, 0.3) is 5.91 Å². The summed E-state index contributed by atoms with van der Waals surface area (Å²) in [5, 5.41) is 0. The zero-order valence-corrected chi connectivity index (χ0v) is 16.9. The Labute approximate surface area is 170 Å². The molecule has 0 aliphatic carbocycles. The van der Waals surface area contributed by atoms with Crippen LogP contribution in [-0.4, -0.2) is 60.4 Å². The molecule has 2 aromatic rings. The van der Waals surface area contributed by atoms with Crippen LogP contribution < -0.4 is 4.90 Å². The molecule has 1 fully saturated rings. The molecule has 4 rings (SSSR count). The first-order chi connectivity index (χ1) is 14.0. The quantitative estimate of drug-likeness (QED) is 0.803. The van der Waals surface area contributed by atoms with Gasteiger partial charge in [-0.15, -0.1) is 0 Å². The summed E-state index contributed by atoms with van der Waals surface area (Å²) in [4.78, 5) is 31.5. The van der Waals surface area contributed by atoms with Crippen molar-refractivity contribution in [2.24, 2.45) is 0 Å². The average Bonchev–Trinajstić information content (AvgIpc) is 3.18. The molecule has 0 aromatic heterocycles. The van der Waals surface area contributed by atoms with Gasteiger partial charge < -0.3 is 9.80 Å². The van der Waals surface area contributed by atoms with Crippen molar-refractivity contribution in [2.75, 3.05) is 37.6 Å². The van der Waals surface area contributed by atoms with Crippen molar-refractivity contribution in [3.63, 3.8) is 0 Å². The number of piperazine rings is 1. The van der Waals surface area contributed by atoms with Gasteiger partial charge in [-0.25, -0.2) is 4.39 Å². The predicted molar refractivity (Wildman–Crippen MR) is 111 cm³/mol. The fourth-order valence-electron chi connectivity index (χ4n) is 4.17. The number of fused-ring (bicyclic) bond motifs is 1. The maximum atomic E-state index is 13.8. The molecule has 152 valence electrons. The van der Waals surface area contributed by atoms with Gasteiger partial charge in [-0.3, -0.25) is 14.5 Å². The highest BCUT2D eigenvalue weighted by Crippen LogP contribution is 2.28. The first kappa shape index (κ1) is 19.6. The second kappa shape index (κ2) is 7.95. The molecule has 2 aliphatic heterocycles. The number of aryl methyl sites for hydroxylation is 1. The van der Waals surface area contributed by atoms with E-state index in [0.29, 0.717) is 37.3 Å². The smallest absolute Gasteiger partial charge is 0.254 e. The number of hydrogen-bond donors (Lipinski definition) is 0. The second-order valence-corrected chi connectivity index (χ2v) is 7.84. The van der Waals surface area contributed by atoms with Gasteiger partial charge in [-0.2, -0.15) is 0 Å². The Balaban J connectivity index is 1.37. The number of para-hydroxylation sites is 1. The normalized spacial score (nSPS) is 17.9. The zero-order valence-electron chi connectivity index (χ0n) is 16.9. The summed E-state index contributed by atoms with van der Waals surface area (Å²) in [6, 6.07) is 12.4. The third-order valence-electron chi connectivity index (χ3n) is 6.08. The largest absolute Gasteiger partial charge is 0.336 e. The fourth-order valence-corrected chi connectivity index (χ4v) is 4.17. The van der Waals surface area contributed by atoms with Gasteiger partial charge in [-0.05, 0) is 49.6 Å². The standard InChI is InChI=1S/C23H26FN3O2/c1-16-7-8-19(15-20(16)24)23(29)26-13-11-25(12-14-26)17(2)22(28)27-10-9-18-5-3-4-6-21(18)27/h3-8,15,17H,9-14H2,1-2H3/t17-/m1/s1. The molecule has 5 nitrogen and oxygen atoms in total. The Kier molecular flexibility index (Phi) is 5.37. The number of carbonyl (C=O) groups is 2. The molecule has 0 N–H and O–H groups in total. The van der Waals surface area contributed by atoms with Gasteiger partial charge in [-0.1, -0.05) is 24.3 Å². The summed E-state index contributed by atoms with van der Waals surface area (Å²) in [7, 11) is 0. The third-order valence-corrected chi connectivity index (χ3v) is 6.08. The first-order valence-corrected chi connectivity index (χ1v) is 10.1. The Morgan fingerprint density at radius 1 is 1.00 bits per heavy atom. The van der Waals surface area contributed by atoms with Crippen LogP contribution >= 0.6 is 0 Å². The molecule has 6 heteroatoms. The lowest BCUT2D eigenvalue weighted by Crippen LogP contribution is -2.55. The van der Waals surface area contributed by atoms with E-state index < -0.39 is 0 Å². The van der Waals surface area contributed by atoms with Gasteiger partial charge in [0.05, 0.1) is 6.04 Å². The van der Waals surface area contributed by atoms with Gasteiger partial charge in [0, 0.05) is 44.0 Å². The Morgan fingerprint density at radius 3 is 2.45 bits per heavy atom. The summed E-state index contributed by atoms with van der Waals surface area (Å²) in [6.07, 6.45) is 0.893. The molecule has 0 spiro atoms. The second-order valence-electron chi connectivity index (χ2n) is 7.84. The van der Waals surface area contributed by atoms with Crippen molar-refractivity contribution in [2.45, 2.75) is 26.3 Å². The van der Waals surface area contributed by atoms with Crippen molar-refractivity contribution in [1.29, 1.82) is 0 Å². The molecule has 2 aromatic carbocycles. The number of benzene rings is 2. The van der Waals surface area contributed by atoms with Crippen molar-refractivity contribution in [3.05, 3.63) is 65.0 Å². The van der Waals surface area contributed by atoms with Crippen molar-refractivity contribution < 1.29 is 14.0 Å². The van der Waals surface area contributed by atoms with Crippen LogP contribution in [0.15, 0.2) is 42.5 Å². The minimum Gasteiger partial charge on any atom is -0.336 e. The van der Waals surface area contributed by atoms with Crippen molar-refractivity contribution in [3.8, 4) is 0 Å². The van der Waals surface area contributed by atoms with E-state index >= 15 is 0 Å². The van der Waals surface area contributed by atoms with E-state index in [1.54, 1.807) is 24.0 Å². The van der Waals surface area contributed by atoms with Crippen LogP contribution in [-0.2, 0) is 11.2 Å². The third kappa shape index (κ3) is 3.77. The SMILES string of the molecule is Cc1ccc(C(=O)N2CCN([C@H](C)C(=O)N3CCc4ccccc43)CC2)cc1F. The molecule has 2 heterocycles. The highest BCUT2D eigenvalue weighted by Gasteiger charge is 2.33. The summed E-state index contributed by atoms with van der Waals surface area (Å²) in [5.41, 5.74) is 3.13. The van der Waals surface area contributed by atoms with Crippen LogP contribution in [0.3, 0.4) is 0 Å². The van der Waals surface area contributed by atoms with Crippen LogP contribution in [0.25, 0.3) is 0 Å². The average molecular weight is 395 g/mol. The predicted octanol–water partition coefficient (Wildman–Crippen LogP) is 2.87. The van der Waals surface area contributed by atoms with Gasteiger partial charge >= 0.3 is 0 Å². The van der Waals surface area contributed by atoms with Gasteiger partial charge in [0.2, 0.25) is 5.91 Å². The van der Waals surface area contributed by atoms with Gasteiger partial charge in [0.15, 0.2) is 0 Å². The zero-order chi connectivity index (χ0) is 20.5. The Morgan fingerprint density at radius 2 is 1.72 bits per heavy atom. The maximum absolute atomic E-state index is 13.8. The minimum absolute atomic E-state index is 0.107. The highest BCUT2D eigenvalue weighted by atomic mass is 19.1. The number of nitrogens with zero attached hydrogens (tertiary/aromatic N) is 3. The molecule has 2 aliphatic rings. The lowest BCUT2D eigenvalue weighted by Gasteiger charge is -2.38. The van der Waals surface area contributed by atoms with E-state index in [9.17, 15) is 14.0 Å². The molecule has 1 saturated heterocycles. The molecular formula is C23H26FN3O2. The molecule has 2 amide bonds. The summed E-state index contributed by atoms with van der Waals surface area (Å²) < 4.78 is 13.8. The van der Waals surface area contributed by atoms with Crippen LogP contribution in [0, 0.1) is 12.7 Å². The van der Waals surface area contributed by atoms with Gasteiger partial charge in [0.1, 0.15) is 5.82 Å². The molecule has 0 saturated carbocycles. The molecule has 0 unspecified atom stereocenters. The molecule has 29 heavy (non-hydrogen) atoms. The highest BCUT2D eigenvalue weighted by molar-refractivity contribution is 5.99. The van der Waals surface area contributed by atoms with E-state index in [1.807, 2.05) is 30.0 Å². The number of amides is 2. The van der Waals surface area contributed by atoms with Crippen LogP contribution in [0.4, 0.5) is 10.1 Å². The van der Waals surface area contributed by atoms with E-state index in [2.05, 4.69) is 11.0 Å². The van der Waals surface area contributed by atoms with Crippen molar-refractivity contribution in [1.82, 2.24) is 9.80 Å². The van der Waals surface area contributed by atoms with Crippen molar-refractivity contribution >= 4 is 17.5 Å². The van der Waals surface area contributed by atoms with Crippen LogP contribution in [0.1, 0.15) is 28.4 Å². The number of anilines is 1. The molecule has 0 bridgehead atoms. The summed E-state index contributed by atoms with van der Waals surface area (Å²) >= 11 is 0. The first-order valence-electron chi connectivity index (χ1n) is 10.1. The number of hydrogen-bond acceptors (Lipinski definition) is 3. The Hall–Kier alpha value is -2.73. The topological polar surface area (TPSA) is 43.9 Å². The lowest BCUT2D eigenvalue weighted by atomic mass is 10.1. The molecule has 1 atom stereocenters. The molecule has 0 radical (unpaired) electrons. The fraction of sp³-hybridized carbons (Fsp3) is 0.391. The monoisotopic (exact) mass is 395 g/mol. The van der Waals surface area contributed by atoms with Crippen LogP contribution in [0.5, 0.6) is 0 Å². The summed E-state index contributed by atoms with van der Waals surface area (Å²) in [5.74, 6) is -0.411. The minimum atomic E-state index is -0.361. The number of rotatable bonds is 3. The van der Waals surface area contributed by atoms with E-state index in [4.69, 9.17) is 0 Å². The molecular weight excluding hydrogens is 369 g/mol. The van der Waals surface area contributed by atoms with Crippen LogP contribution in [0.2, 0.25) is 0 Å². The number of carbonyl (C=O) groups excluding carboxylic acids is 2. The maximum Gasteiger partial charge on any atom is 0.254 e.